The summed E-state index contributed by atoms with van der Waals surface area (Å²) in [6.45, 7) is 3.82. The Morgan fingerprint density at radius 2 is 1.73 bits per heavy atom. The Morgan fingerprint density at radius 3 is 2.50 bits per heavy atom. The van der Waals surface area contributed by atoms with Crippen LogP contribution in [0.15, 0.2) is 85.1 Å². The molecule has 228 valence electrons. The van der Waals surface area contributed by atoms with E-state index >= 15 is 0 Å². The summed E-state index contributed by atoms with van der Waals surface area (Å²) >= 11 is 6.08. The van der Waals surface area contributed by atoms with Gasteiger partial charge >= 0.3 is 6.18 Å². The van der Waals surface area contributed by atoms with Crippen LogP contribution < -0.4 is 15.5 Å². The topological polar surface area (TPSA) is 60.5 Å². The van der Waals surface area contributed by atoms with E-state index in [2.05, 4.69) is 44.8 Å². The number of carbonyl (C=O) groups excluding carboxylic acids is 1. The highest BCUT2D eigenvalue weighted by Gasteiger charge is 2.34. The van der Waals surface area contributed by atoms with Crippen LogP contribution in [0.1, 0.15) is 39.9 Å². The molecule has 4 aromatic rings. The summed E-state index contributed by atoms with van der Waals surface area (Å²) in [5.41, 5.74) is 3.50. The fraction of sp³-hybridized carbons (Fsp3) is 0.294. The van der Waals surface area contributed by atoms with Crippen LogP contribution in [0.25, 0.3) is 11.1 Å². The maximum Gasteiger partial charge on any atom is 0.416 e. The van der Waals surface area contributed by atoms with Crippen molar-refractivity contribution in [3.63, 3.8) is 0 Å². The second-order valence-corrected chi connectivity index (χ2v) is 11.8. The summed E-state index contributed by atoms with van der Waals surface area (Å²) in [5.74, 6) is 0.478. The number of carbonyl (C=O) groups is 1. The highest BCUT2D eigenvalue weighted by molar-refractivity contribution is 6.30. The van der Waals surface area contributed by atoms with Crippen molar-refractivity contribution in [2.45, 2.75) is 38.1 Å². The number of rotatable bonds is 7. The minimum atomic E-state index is -4.49. The van der Waals surface area contributed by atoms with Gasteiger partial charge in [-0.15, -0.1) is 0 Å². The van der Waals surface area contributed by atoms with Crippen molar-refractivity contribution < 1.29 is 18.0 Å². The van der Waals surface area contributed by atoms with Crippen LogP contribution >= 0.6 is 11.6 Å². The number of anilines is 2. The molecule has 6 rings (SSSR count). The number of nitrogens with zero attached hydrogens (tertiary/aromatic N) is 3. The van der Waals surface area contributed by atoms with Crippen LogP contribution in [0, 0.1) is 0 Å². The number of alkyl halides is 3. The molecular weight excluding hydrogens is 587 g/mol. The van der Waals surface area contributed by atoms with Gasteiger partial charge in [-0.05, 0) is 65.9 Å². The van der Waals surface area contributed by atoms with Crippen molar-refractivity contribution >= 4 is 29.0 Å². The number of likely N-dealkylation sites (tertiary alicyclic amines) is 1. The van der Waals surface area contributed by atoms with Gasteiger partial charge in [-0.3, -0.25) is 9.69 Å². The fourth-order valence-corrected chi connectivity index (χ4v) is 6.14. The van der Waals surface area contributed by atoms with E-state index in [-0.39, 0.29) is 29.1 Å². The van der Waals surface area contributed by atoms with Crippen molar-refractivity contribution in [3.05, 3.63) is 112 Å². The van der Waals surface area contributed by atoms with Crippen LogP contribution in [0.4, 0.5) is 24.7 Å². The number of piperidine rings is 1. The van der Waals surface area contributed by atoms with Crippen molar-refractivity contribution in [1.29, 1.82) is 0 Å². The van der Waals surface area contributed by atoms with E-state index in [4.69, 9.17) is 11.6 Å². The highest BCUT2D eigenvalue weighted by Crippen LogP contribution is 2.37. The average molecular weight is 620 g/mol. The van der Waals surface area contributed by atoms with E-state index < -0.39 is 11.7 Å². The number of halogens is 4. The third-order valence-corrected chi connectivity index (χ3v) is 8.48. The molecule has 3 heterocycles. The fourth-order valence-electron chi connectivity index (χ4n) is 5.94. The molecule has 10 heteroatoms. The average Bonchev–Trinajstić information content (AvgIpc) is 3.02. The standard InChI is InChI=1S/C34H33ClF3N5O/c35-28-9-10-30(34(36,37)38)27(18-28)22-43-16-13-39-32-31(43)19-26(20-40-32)24-7-4-8-25(17-24)33(44)41-29-11-14-42(15-12-29)21-23-5-2-1-3-6-23/h1-10,17-20,29H,11-16,21-22H2,(H,39,40)(H,41,44). The Hall–Kier alpha value is -4.08. The molecule has 0 saturated carbocycles. The first-order valence-electron chi connectivity index (χ1n) is 14.7. The van der Waals surface area contributed by atoms with Gasteiger partial charge in [0.05, 0.1) is 11.3 Å². The van der Waals surface area contributed by atoms with Gasteiger partial charge in [0.25, 0.3) is 5.91 Å². The van der Waals surface area contributed by atoms with Gasteiger partial charge in [0.1, 0.15) is 5.82 Å². The molecule has 0 atom stereocenters. The summed E-state index contributed by atoms with van der Waals surface area (Å²) in [7, 11) is 0. The lowest BCUT2D eigenvalue weighted by Crippen LogP contribution is -2.44. The number of amides is 1. The minimum absolute atomic E-state index is 0.0296. The minimum Gasteiger partial charge on any atom is -0.367 e. The first-order valence-corrected chi connectivity index (χ1v) is 15.1. The number of fused-ring (bicyclic) bond motifs is 1. The zero-order chi connectivity index (χ0) is 30.7. The van der Waals surface area contributed by atoms with Gasteiger partial charge < -0.3 is 15.5 Å². The molecule has 0 bridgehead atoms. The molecule has 6 nitrogen and oxygen atoms in total. The predicted molar refractivity (Wildman–Crippen MR) is 168 cm³/mol. The highest BCUT2D eigenvalue weighted by atomic mass is 35.5. The largest absolute Gasteiger partial charge is 0.416 e. The summed E-state index contributed by atoms with van der Waals surface area (Å²) < 4.78 is 41.2. The number of pyridine rings is 1. The number of benzene rings is 3. The molecule has 2 aliphatic rings. The molecule has 1 aromatic heterocycles. The number of aromatic nitrogens is 1. The van der Waals surface area contributed by atoms with E-state index in [1.54, 1.807) is 12.3 Å². The van der Waals surface area contributed by atoms with Crippen LogP contribution in [-0.4, -0.2) is 48.0 Å². The van der Waals surface area contributed by atoms with E-state index in [9.17, 15) is 18.0 Å². The monoisotopic (exact) mass is 619 g/mol. The number of hydrogen-bond acceptors (Lipinski definition) is 5. The first-order chi connectivity index (χ1) is 21.2. The van der Waals surface area contributed by atoms with Gasteiger partial charge in [0, 0.05) is 67.7 Å². The quantitative estimate of drug-likeness (QED) is 0.228. The Bertz CT molecular complexity index is 1620. The Morgan fingerprint density at radius 1 is 0.932 bits per heavy atom. The molecule has 0 unspecified atom stereocenters. The van der Waals surface area contributed by atoms with Gasteiger partial charge in [0.2, 0.25) is 0 Å². The van der Waals surface area contributed by atoms with Crippen LogP contribution in [-0.2, 0) is 19.3 Å². The first kappa shape index (κ1) is 30.0. The number of hydrogen-bond donors (Lipinski definition) is 2. The Labute approximate surface area is 259 Å². The third-order valence-electron chi connectivity index (χ3n) is 8.25. The Kier molecular flexibility index (Phi) is 8.77. The zero-order valence-corrected chi connectivity index (χ0v) is 24.8. The maximum atomic E-state index is 13.7. The molecule has 0 radical (unpaired) electrons. The molecule has 1 fully saturated rings. The normalized spacial score (nSPS) is 15.9. The predicted octanol–water partition coefficient (Wildman–Crippen LogP) is 7.25. The van der Waals surface area contributed by atoms with Gasteiger partial charge in [0.15, 0.2) is 0 Å². The lowest BCUT2D eigenvalue weighted by atomic mass is 10.0. The molecule has 3 aromatic carbocycles. The van der Waals surface area contributed by atoms with E-state index in [0.717, 1.165) is 49.7 Å². The SMILES string of the molecule is O=C(NC1CCN(Cc2ccccc2)CC1)c1cccc(-c2cnc3c(c2)N(Cc2cc(Cl)ccc2C(F)(F)F)CCN3)c1. The Balaban J connectivity index is 1.15. The van der Waals surface area contributed by atoms with Crippen molar-refractivity contribution in [3.8, 4) is 11.1 Å². The zero-order valence-electron chi connectivity index (χ0n) is 24.1. The smallest absolute Gasteiger partial charge is 0.367 e. The summed E-state index contributed by atoms with van der Waals surface area (Å²) in [6, 6.07) is 23.4. The molecule has 2 N–H and O–H groups in total. The van der Waals surface area contributed by atoms with Crippen molar-refractivity contribution in [2.24, 2.45) is 0 Å². The summed E-state index contributed by atoms with van der Waals surface area (Å²) in [5, 5.41) is 6.69. The molecule has 0 aliphatic carbocycles. The van der Waals surface area contributed by atoms with E-state index in [1.165, 1.54) is 17.7 Å². The van der Waals surface area contributed by atoms with E-state index in [0.29, 0.717) is 30.2 Å². The summed E-state index contributed by atoms with van der Waals surface area (Å²) in [6.07, 6.45) is -0.997. The maximum absolute atomic E-state index is 13.7. The molecule has 44 heavy (non-hydrogen) atoms. The molecule has 1 saturated heterocycles. The van der Waals surface area contributed by atoms with Crippen LogP contribution in [0.5, 0.6) is 0 Å². The third kappa shape index (κ3) is 7.00. The molecule has 1 amide bonds. The van der Waals surface area contributed by atoms with Crippen LogP contribution in [0.3, 0.4) is 0 Å². The van der Waals surface area contributed by atoms with Gasteiger partial charge in [-0.25, -0.2) is 4.98 Å². The van der Waals surface area contributed by atoms with Crippen molar-refractivity contribution in [1.82, 2.24) is 15.2 Å². The van der Waals surface area contributed by atoms with Gasteiger partial charge in [-0.1, -0.05) is 54.1 Å². The van der Waals surface area contributed by atoms with E-state index in [1.807, 2.05) is 35.2 Å². The molecule has 2 aliphatic heterocycles. The second kappa shape index (κ2) is 12.9. The molecular formula is C34H33ClF3N5O. The lowest BCUT2D eigenvalue weighted by molar-refractivity contribution is -0.138. The summed E-state index contributed by atoms with van der Waals surface area (Å²) in [4.78, 5) is 22.1. The van der Waals surface area contributed by atoms with Crippen molar-refractivity contribution in [2.75, 3.05) is 36.4 Å². The second-order valence-electron chi connectivity index (χ2n) is 11.3. The lowest BCUT2D eigenvalue weighted by Gasteiger charge is -2.32. The van der Waals surface area contributed by atoms with Crippen LogP contribution in [0.2, 0.25) is 5.02 Å². The van der Waals surface area contributed by atoms with Gasteiger partial charge in [-0.2, -0.15) is 13.2 Å². The molecule has 0 spiro atoms. The number of nitrogens with one attached hydrogen (secondary N) is 2.